The summed E-state index contributed by atoms with van der Waals surface area (Å²) in [6.07, 6.45) is 7.16. The molecule has 1 aromatic heterocycles. The standard InChI is InChI=1S/C36H34N2O4/c39-35(26-19-29(21-37-20-26)41-22-24-9-2-1-3-10-24)25-17-27-11-8-12-28(18-25)38(27)36(40)42-23-34-32-15-6-4-13-30(32)31-14-5-7-16-33(31)34/h1-7,9-10,13-16,19-21,25,27-28,34H,8,11-12,17-18,22-23H2. The molecule has 2 unspecified atom stereocenters. The van der Waals surface area contributed by atoms with Crippen molar-refractivity contribution in [2.75, 3.05) is 6.61 Å². The monoisotopic (exact) mass is 558 g/mol. The highest BCUT2D eigenvalue weighted by Gasteiger charge is 2.44. The predicted octanol–water partition coefficient (Wildman–Crippen LogP) is 7.43. The van der Waals surface area contributed by atoms with E-state index in [-0.39, 0.29) is 35.8 Å². The van der Waals surface area contributed by atoms with Crippen LogP contribution in [-0.2, 0) is 11.3 Å². The van der Waals surface area contributed by atoms with Crippen LogP contribution in [0.4, 0.5) is 4.79 Å². The maximum Gasteiger partial charge on any atom is 0.410 e. The largest absolute Gasteiger partial charge is 0.487 e. The lowest BCUT2D eigenvalue weighted by molar-refractivity contribution is 0.00650. The molecule has 0 spiro atoms. The minimum Gasteiger partial charge on any atom is -0.487 e. The van der Waals surface area contributed by atoms with E-state index in [2.05, 4.69) is 41.4 Å². The van der Waals surface area contributed by atoms with Crippen molar-refractivity contribution in [1.82, 2.24) is 9.88 Å². The Bertz CT molecular complexity index is 1540. The number of amides is 1. The average molecular weight is 559 g/mol. The van der Waals surface area contributed by atoms with Crippen LogP contribution in [0.5, 0.6) is 5.75 Å². The number of Topliss-reactive ketones (excluding diaryl/α,β-unsaturated/α-hetero) is 1. The molecule has 4 aromatic rings. The molecule has 2 fully saturated rings. The predicted molar refractivity (Wildman–Crippen MR) is 160 cm³/mol. The van der Waals surface area contributed by atoms with Crippen LogP contribution >= 0.6 is 0 Å². The molecule has 6 nitrogen and oxygen atoms in total. The number of fused-ring (bicyclic) bond motifs is 5. The zero-order valence-electron chi connectivity index (χ0n) is 23.5. The number of hydrogen-bond acceptors (Lipinski definition) is 5. The number of carbonyl (C=O) groups excluding carboxylic acids is 2. The topological polar surface area (TPSA) is 68.7 Å². The number of ketones is 1. The molecular formula is C36H34N2O4. The van der Waals surface area contributed by atoms with Crippen LogP contribution in [0, 0.1) is 5.92 Å². The maximum absolute atomic E-state index is 13.6. The zero-order chi connectivity index (χ0) is 28.5. The number of carbonyl (C=O) groups is 2. The van der Waals surface area contributed by atoms with Gasteiger partial charge >= 0.3 is 6.09 Å². The highest BCUT2D eigenvalue weighted by atomic mass is 16.6. The van der Waals surface area contributed by atoms with Gasteiger partial charge in [-0.05, 0) is 66.0 Å². The van der Waals surface area contributed by atoms with Gasteiger partial charge in [0.1, 0.15) is 19.0 Å². The van der Waals surface area contributed by atoms with Gasteiger partial charge < -0.3 is 14.4 Å². The Labute approximate surface area is 246 Å². The van der Waals surface area contributed by atoms with Crippen molar-refractivity contribution < 1.29 is 19.1 Å². The van der Waals surface area contributed by atoms with E-state index in [0.717, 1.165) is 24.8 Å². The fraction of sp³-hybridized carbons (Fsp3) is 0.306. The Hall–Kier alpha value is -4.45. The summed E-state index contributed by atoms with van der Waals surface area (Å²) in [7, 11) is 0. The molecule has 212 valence electrons. The second-order valence-corrected chi connectivity index (χ2v) is 11.7. The molecule has 0 radical (unpaired) electrons. The van der Waals surface area contributed by atoms with E-state index >= 15 is 0 Å². The van der Waals surface area contributed by atoms with E-state index in [1.807, 2.05) is 47.4 Å². The first-order valence-corrected chi connectivity index (χ1v) is 14.9. The lowest BCUT2D eigenvalue weighted by Gasteiger charge is -2.47. The highest BCUT2D eigenvalue weighted by molar-refractivity contribution is 5.98. The summed E-state index contributed by atoms with van der Waals surface area (Å²) < 4.78 is 12.0. The molecule has 42 heavy (non-hydrogen) atoms. The van der Waals surface area contributed by atoms with Crippen LogP contribution in [0.1, 0.15) is 65.1 Å². The average Bonchev–Trinajstić information content (AvgIpc) is 3.36. The molecule has 2 aliphatic heterocycles. The van der Waals surface area contributed by atoms with Crippen LogP contribution < -0.4 is 4.74 Å². The number of nitrogens with zero attached hydrogens (tertiary/aromatic N) is 2. The summed E-state index contributed by atoms with van der Waals surface area (Å²) in [4.78, 5) is 33.4. The van der Waals surface area contributed by atoms with Crippen molar-refractivity contribution in [2.45, 2.75) is 56.7 Å². The van der Waals surface area contributed by atoms with E-state index in [9.17, 15) is 9.59 Å². The molecule has 3 aliphatic rings. The van der Waals surface area contributed by atoms with Gasteiger partial charge in [0.2, 0.25) is 0 Å². The van der Waals surface area contributed by atoms with Gasteiger partial charge in [0.25, 0.3) is 0 Å². The molecule has 6 heteroatoms. The number of piperidine rings is 2. The molecule has 1 amide bonds. The quantitative estimate of drug-likeness (QED) is 0.221. The van der Waals surface area contributed by atoms with E-state index in [4.69, 9.17) is 9.47 Å². The first-order valence-electron chi connectivity index (χ1n) is 14.9. The third-order valence-electron chi connectivity index (χ3n) is 9.14. The van der Waals surface area contributed by atoms with Crippen LogP contribution in [0.3, 0.4) is 0 Å². The van der Waals surface area contributed by atoms with E-state index < -0.39 is 0 Å². The van der Waals surface area contributed by atoms with Crippen LogP contribution in [0.25, 0.3) is 11.1 Å². The Morgan fingerprint density at radius 1 is 0.810 bits per heavy atom. The van der Waals surface area contributed by atoms with Gasteiger partial charge in [0, 0.05) is 35.7 Å². The van der Waals surface area contributed by atoms with Crippen LogP contribution in [-0.4, -0.2) is 40.5 Å². The third kappa shape index (κ3) is 5.06. The fourth-order valence-electron chi connectivity index (χ4n) is 7.17. The van der Waals surface area contributed by atoms with E-state index in [1.54, 1.807) is 18.5 Å². The van der Waals surface area contributed by atoms with Crippen molar-refractivity contribution in [3.63, 3.8) is 0 Å². The summed E-state index contributed by atoms with van der Waals surface area (Å²) in [5, 5.41) is 0. The van der Waals surface area contributed by atoms with Crippen molar-refractivity contribution in [3.8, 4) is 16.9 Å². The van der Waals surface area contributed by atoms with Gasteiger partial charge in [-0.1, -0.05) is 78.9 Å². The Morgan fingerprint density at radius 2 is 1.45 bits per heavy atom. The van der Waals surface area contributed by atoms with E-state index in [1.165, 1.54) is 22.3 Å². The van der Waals surface area contributed by atoms with Gasteiger partial charge in [-0.3, -0.25) is 9.78 Å². The highest BCUT2D eigenvalue weighted by Crippen LogP contribution is 2.45. The Kier molecular flexibility index (Phi) is 7.20. The lowest BCUT2D eigenvalue weighted by atomic mass is 9.76. The van der Waals surface area contributed by atoms with Gasteiger partial charge in [-0.15, -0.1) is 0 Å². The van der Waals surface area contributed by atoms with Gasteiger partial charge in [-0.25, -0.2) is 4.79 Å². The number of aromatic nitrogens is 1. The summed E-state index contributed by atoms with van der Waals surface area (Å²) in [6, 6.07) is 28.5. The number of rotatable bonds is 7. The summed E-state index contributed by atoms with van der Waals surface area (Å²) in [6.45, 7) is 0.732. The molecule has 2 saturated heterocycles. The molecule has 1 aliphatic carbocycles. The third-order valence-corrected chi connectivity index (χ3v) is 9.14. The lowest BCUT2D eigenvalue weighted by Crippen LogP contribution is -2.55. The first-order chi connectivity index (χ1) is 20.7. The molecule has 3 heterocycles. The van der Waals surface area contributed by atoms with E-state index in [0.29, 0.717) is 37.4 Å². The van der Waals surface area contributed by atoms with Gasteiger partial charge in [-0.2, -0.15) is 0 Å². The number of pyridine rings is 1. The minimum atomic E-state index is -0.254. The fourth-order valence-corrected chi connectivity index (χ4v) is 7.17. The minimum absolute atomic E-state index is 0.00701. The molecule has 7 rings (SSSR count). The zero-order valence-corrected chi connectivity index (χ0v) is 23.5. The van der Waals surface area contributed by atoms with Crippen LogP contribution in [0.2, 0.25) is 0 Å². The molecule has 0 N–H and O–H groups in total. The number of ether oxygens (including phenoxy) is 2. The van der Waals surface area contributed by atoms with Crippen LogP contribution in [0.15, 0.2) is 97.3 Å². The van der Waals surface area contributed by atoms with Crippen molar-refractivity contribution >= 4 is 11.9 Å². The second kappa shape index (κ2) is 11.4. The molecule has 2 atom stereocenters. The maximum atomic E-state index is 13.6. The second-order valence-electron chi connectivity index (χ2n) is 11.7. The summed E-state index contributed by atoms with van der Waals surface area (Å²) >= 11 is 0. The van der Waals surface area contributed by atoms with Gasteiger partial charge in [0.05, 0.1) is 6.20 Å². The normalized spacial score (nSPS) is 20.9. The Morgan fingerprint density at radius 3 is 2.14 bits per heavy atom. The van der Waals surface area contributed by atoms with Crippen molar-refractivity contribution in [2.24, 2.45) is 5.92 Å². The van der Waals surface area contributed by atoms with Gasteiger partial charge in [0.15, 0.2) is 5.78 Å². The molecule has 3 aromatic carbocycles. The smallest absolute Gasteiger partial charge is 0.410 e. The Balaban J connectivity index is 1.01. The van der Waals surface area contributed by atoms with Crippen molar-refractivity contribution in [1.29, 1.82) is 0 Å². The summed E-state index contributed by atoms with van der Waals surface area (Å²) in [5.74, 6) is 0.547. The number of benzene rings is 3. The first kappa shape index (κ1) is 26.4. The molecule has 2 bridgehead atoms. The molecule has 0 saturated carbocycles. The SMILES string of the molecule is O=C(c1cncc(OCc2ccccc2)c1)C1CC2CCCC(C1)N2C(=O)OCC1c2ccccc2-c2ccccc21. The van der Waals surface area contributed by atoms with Crippen molar-refractivity contribution in [3.05, 3.63) is 120 Å². The molecular weight excluding hydrogens is 524 g/mol. The number of hydrogen-bond donors (Lipinski definition) is 0. The summed E-state index contributed by atoms with van der Waals surface area (Å²) in [5.41, 5.74) is 6.48.